The van der Waals surface area contributed by atoms with Crippen LogP contribution in [0.15, 0.2) is 0 Å². The second-order valence-electron chi connectivity index (χ2n) is 7.41. The average Bonchev–Trinajstić information content (AvgIpc) is 2.66. The summed E-state index contributed by atoms with van der Waals surface area (Å²) in [6, 6.07) is 0. The minimum atomic E-state index is -0.0846. The number of carbonyl (C=O) groups is 2. The lowest BCUT2D eigenvalue weighted by Crippen LogP contribution is -2.09. The maximum Gasteiger partial charge on any atom is 0.305 e. The largest absolute Gasteiger partial charge is 0.469 e. The van der Waals surface area contributed by atoms with Crippen LogP contribution < -0.4 is 0 Å². The topological polar surface area (TPSA) is 52.6 Å². The van der Waals surface area contributed by atoms with Crippen molar-refractivity contribution >= 4 is 11.9 Å². The predicted octanol–water partition coefficient (Wildman–Crippen LogP) is 6.21. The Morgan fingerprint density at radius 1 is 0.654 bits per heavy atom. The number of hydrogen-bond acceptors (Lipinski definition) is 4. The van der Waals surface area contributed by atoms with E-state index in [9.17, 15) is 9.59 Å². The standard InChI is InChI=1S/C22H42O4/c1-4-20(19-22(24)26-3)17-15-13-11-9-7-5-6-8-10-12-14-16-18-21(23)25-2/h20H,4-19H2,1-3H3. The van der Waals surface area contributed by atoms with Gasteiger partial charge in [-0.3, -0.25) is 9.59 Å². The zero-order chi connectivity index (χ0) is 19.5. The highest BCUT2D eigenvalue weighted by atomic mass is 16.5. The lowest BCUT2D eigenvalue weighted by atomic mass is 9.95. The number of carbonyl (C=O) groups excluding carboxylic acids is 2. The van der Waals surface area contributed by atoms with Gasteiger partial charge in [0.15, 0.2) is 0 Å². The lowest BCUT2D eigenvalue weighted by Gasteiger charge is -2.12. The predicted molar refractivity (Wildman–Crippen MR) is 107 cm³/mol. The van der Waals surface area contributed by atoms with Crippen LogP contribution in [0.25, 0.3) is 0 Å². The van der Waals surface area contributed by atoms with Crippen molar-refractivity contribution in [2.24, 2.45) is 5.92 Å². The van der Waals surface area contributed by atoms with E-state index in [1.165, 1.54) is 78.4 Å². The van der Waals surface area contributed by atoms with Crippen LogP contribution in [0.1, 0.15) is 110 Å². The molecule has 0 aromatic heterocycles. The molecule has 0 bridgehead atoms. The lowest BCUT2D eigenvalue weighted by molar-refractivity contribution is -0.142. The van der Waals surface area contributed by atoms with Crippen LogP contribution in [0.4, 0.5) is 0 Å². The molecule has 0 aromatic carbocycles. The van der Waals surface area contributed by atoms with Crippen LogP contribution in [0, 0.1) is 5.92 Å². The second-order valence-corrected chi connectivity index (χ2v) is 7.41. The summed E-state index contributed by atoms with van der Waals surface area (Å²) in [5, 5.41) is 0. The van der Waals surface area contributed by atoms with Crippen molar-refractivity contribution < 1.29 is 19.1 Å². The molecule has 0 radical (unpaired) electrons. The van der Waals surface area contributed by atoms with Gasteiger partial charge in [0.1, 0.15) is 0 Å². The zero-order valence-electron chi connectivity index (χ0n) is 17.5. The normalized spacial score (nSPS) is 12.0. The van der Waals surface area contributed by atoms with Gasteiger partial charge in [0.25, 0.3) is 0 Å². The Morgan fingerprint density at radius 2 is 1.08 bits per heavy atom. The Morgan fingerprint density at radius 3 is 1.50 bits per heavy atom. The van der Waals surface area contributed by atoms with E-state index in [1.807, 2.05) is 0 Å². The van der Waals surface area contributed by atoms with Crippen LogP contribution in [0.2, 0.25) is 0 Å². The minimum Gasteiger partial charge on any atom is -0.469 e. The Kier molecular flexibility index (Phi) is 18.0. The summed E-state index contributed by atoms with van der Waals surface area (Å²) in [4.78, 5) is 22.3. The first kappa shape index (κ1) is 24.9. The molecule has 1 unspecified atom stereocenters. The molecule has 4 nitrogen and oxygen atoms in total. The van der Waals surface area contributed by atoms with Crippen molar-refractivity contribution in [3.63, 3.8) is 0 Å². The number of ether oxygens (including phenoxy) is 2. The molecule has 0 N–H and O–H groups in total. The third-order valence-corrected chi connectivity index (χ3v) is 5.23. The van der Waals surface area contributed by atoms with Crippen LogP contribution in [0.3, 0.4) is 0 Å². The van der Waals surface area contributed by atoms with Gasteiger partial charge >= 0.3 is 11.9 Å². The van der Waals surface area contributed by atoms with Gasteiger partial charge in [0.05, 0.1) is 14.2 Å². The van der Waals surface area contributed by atoms with E-state index in [4.69, 9.17) is 4.74 Å². The van der Waals surface area contributed by atoms with E-state index in [0.717, 1.165) is 25.7 Å². The summed E-state index contributed by atoms with van der Waals surface area (Å²) < 4.78 is 9.39. The molecular weight excluding hydrogens is 328 g/mol. The molecule has 0 heterocycles. The van der Waals surface area contributed by atoms with Crippen molar-refractivity contribution in [3.05, 3.63) is 0 Å². The molecule has 0 saturated heterocycles. The summed E-state index contributed by atoms with van der Waals surface area (Å²) in [6.45, 7) is 2.16. The summed E-state index contributed by atoms with van der Waals surface area (Å²) in [5.41, 5.74) is 0. The Labute approximate surface area is 161 Å². The average molecular weight is 371 g/mol. The van der Waals surface area contributed by atoms with Crippen molar-refractivity contribution in [3.8, 4) is 0 Å². The highest BCUT2D eigenvalue weighted by Gasteiger charge is 2.11. The third kappa shape index (κ3) is 16.4. The summed E-state index contributed by atoms with van der Waals surface area (Å²) in [7, 11) is 2.93. The molecule has 26 heavy (non-hydrogen) atoms. The smallest absolute Gasteiger partial charge is 0.305 e. The van der Waals surface area contributed by atoms with Gasteiger partial charge in [-0.15, -0.1) is 0 Å². The number of methoxy groups -OCH3 is 2. The first-order valence-electron chi connectivity index (χ1n) is 10.8. The molecule has 0 spiro atoms. The molecule has 0 amide bonds. The fourth-order valence-corrected chi connectivity index (χ4v) is 3.34. The molecule has 4 heteroatoms. The van der Waals surface area contributed by atoms with Gasteiger partial charge in [-0.25, -0.2) is 0 Å². The number of esters is 2. The Balaban J connectivity index is 3.26. The maximum atomic E-state index is 11.3. The van der Waals surface area contributed by atoms with E-state index in [2.05, 4.69) is 11.7 Å². The molecule has 0 aliphatic rings. The van der Waals surface area contributed by atoms with Gasteiger partial charge in [-0.1, -0.05) is 84.0 Å². The van der Waals surface area contributed by atoms with E-state index in [1.54, 1.807) is 0 Å². The molecular formula is C22H42O4. The quantitative estimate of drug-likeness (QED) is 0.212. The summed E-state index contributed by atoms with van der Waals surface area (Å²) in [6.07, 6.45) is 18.6. The second kappa shape index (κ2) is 18.7. The van der Waals surface area contributed by atoms with Crippen molar-refractivity contribution in [1.29, 1.82) is 0 Å². The first-order chi connectivity index (χ1) is 12.6. The zero-order valence-corrected chi connectivity index (χ0v) is 17.5. The fourth-order valence-electron chi connectivity index (χ4n) is 3.34. The van der Waals surface area contributed by atoms with E-state index >= 15 is 0 Å². The highest BCUT2D eigenvalue weighted by Crippen LogP contribution is 2.19. The Bertz CT molecular complexity index is 341. The maximum absolute atomic E-state index is 11.3. The van der Waals surface area contributed by atoms with Gasteiger partial charge in [0, 0.05) is 12.8 Å². The molecule has 0 aliphatic carbocycles. The van der Waals surface area contributed by atoms with E-state index in [-0.39, 0.29) is 11.9 Å². The van der Waals surface area contributed by atoms with Crippen molar-refractivity contribution in [1.82, 2.24) is 0 Å². The van der Waals surface area contributed by atoms with Crippen molar-refractivity contribution in [2.75, 3.05) is 14.2 Å². The molecule has 0 aromatic rings. The molecule has 1 atom stereocenters. The van der Waals surface area contributed by atoms with E-state index < -0.39 is 0 Å². The van der Waals surface area contributed by atoms with Gasteiger partial charge < -0.3 is 9.47 Å². The minimum absolute atomic E-state index is 0.0692. The highest BCUT2D eigenvalue weighted by molar-refractivity contribution is 5.69. The van der Waals surface area contributed by atoms with Crippen LogP contribution in [-0.4, -0.2) is 26.2 Å². The van der Waals surface area contributed by atoms with E-state index in [0.29, 0.717) is 18.8 Å². The molecule has 0 aliphatic heterocycles. The van der Waals surface area contributed by atoms with Crippen molar-refractivity contribution in [2.45, 2.75) is 110 Å². The fraction of sp³-hybridized carbons (Fsp3) is 0.909. The summed E-state index contributed by atoms with van der Waals surface area (Å²) in [5.74, 6) is 0.342. The Hall–Kier alpha value is -1.06. The first-order valence-corrected chi connectivity index (χ1v) is 10.8. The number of rotatable bonds is 18. The van der Waals surface area contributed by atoms with Crippen LogP contribution in [0.5, 0.6) is 0 Å². The van der Waals surface area contributed by atoms with Gasteiger partial charge in [-0.2, -0.15) is 0 Å². The SMILES string of the molecule is CCC(CCCCCCCCCCCCCCC(=O)OC)CC(=O)OC. The number of hydrogen-bond donors (Lipinski definition) is 0. The van der Waals surface area contributed by atoms with Crippen LogP contribution >= 0.6 is 0 Å². The summed E-state index contributed by atoms with van der Waals surface area (Å²) >= 11 is 0. The molecule has 154 valence electrons. The molecule has 0 rings (SSSR count). The van der Waals surface area contributed by atoms with Gasteiger partial charge in [0.2, 0.25) is 0 Å². The van der Waals surface area contributed by atoms with Gasteiger partial charge in [-0.05, 0) is 18.8 Å². The van der Waals surface area contributed by atoms with Crippen LogP contribution in [-0.2, 0) is 19.1 Å². The molecule has 0 saturated carbocycles. The number of unbranched alkanes of at least 4 members (excludes halogenated alkanes) is 11. The monoisotopic (exact) mass is 370 g/mol. The third-order valence-electron chi connectivity index (χ3n) is 5.23. The molecule has 0 fully saturated rings.